The Balaban J connectivity index is 1.29. The molecule has 1 aliphatic heterocycles. The van der Waals surface area contributed by atoms with E-state index < -0.39 is 171 Å². The largest absolute Gasteiger partial charge is 0.480 e. The SMILES string of the molecule is CSCC[C@H](NC(=O)[C@H](CC(C)C)NC(=O)[C@H](Cc1cnc[nH]1)NC(=O)CNC(=O)[C@@H](NC(=O)[C@H](C)NC(=O)[C@H](Cc1c[nH]c2ccccc12)NC(=O)[C@H](CCC(N)=O)NC(=O)c1ccccc1NC(=O)CN1CCN(CC(=O)O)CCN(CP(=O)(O)O)CCN(CC(=O)O)CC1)C(C)C)C(N)=O. The third-order valence-electron chi connectivity index (χ3n) is 16.5. The van der Waals surface area contributed by atoms with E-state index in [0.29, 0.717) is 27.9 Å². The Bertz CT molecular complexity index is 3600. The summed E-state index contributed by atoms with van der Waals surface area (Å²) < 4.78 is 12.0. The summed E-state index contributed by atoms with van der Waals surface area (Å²) in [5.74, 6) is -11.6. The van der Waals surface area contributed by atoms with Crippen molar-refractivity contribution in [3.05, 3.63) is 84.1 Å². The highest BCUT2D eigenvalue weighted by Crippen LogP contribution is 2.35. The molecule has 0 spiro atoms. The van der Waals surface area contributed by atoms with Crippen molar-refractivity contribution in [2.75, 3.05) is 102 Å². The van der Waals surface area contributed by atoms with Crippen LogP contribution in [-0.4, -0.2) is 271 Å². The van der Waals surface area contributed by atoms with E-state index in [9.17, 15) is 86.9 Å². The summed E-state index contributed by atoms with van der Waals surface area (Å²) in [6.07, 6.45) is 4.82. The second-order valence-electron chi connectivity index (χ2n) is 25.8. The van der Waals surface area contributed by atoms with Gasteiger partial charge in [0, 0.05) is 101 Å². The van der Waals surface area contributed by atoms with Gasteiger partial charge in [0.25, 0.3) is 5.91 Å². The first kappa shape index (κ1) is 84.3. The smallest absolute Gasteiger partial charge is 0.339 e. The van der Waals surface area contributed by atoms with Gasteiger partial charge < -0.3 is 89.3 Å². The zero-order valence-corrected chi connectivity index (χ0v) is 60.2. The fourth-order valence-electron chi connectivity index (χ4n) is 11.1. The Hall–Kier alpha value is -9.36. The van der Waals surface area contributed by atoms with Gasteiger partial charge in [0.1, 0.15) is 48.6 Å². The quantitative estimate of drug-likeness (QED) is 0.0201. The molecule has 36 nitrogen and oxygen atoms in total. The molecule has 2 aromatic heterocycles. The number of rotatable bonds is 39. The third kappa shape index (κ3) is 29.9. The van der Waals surface area contributed by atoms with Crippen LogP contribution in [0.4, 0.5) is 5.69 Å². The molecule has 103 heavy (non-hydrogen) atoms. The molecule has 3 heterocycles. The molecule has 566 valence electrons. The fraction of sp³-hybridized carbons (Fsp3) is 0.538. The third-order valence-corrected chi connectivity index (χ3v) is 18.0. The number of para-hydroxylation sites is 2. The number of primary amides is 2. The van der Waals surface area contributed by atoms with Crippen LogP contribution in [0.3, 0.4) is 0 Å². The number of hydrogen-bond donors (Lipinski definition) is 17. The number of imidazole rings is 1. The first-order valence-corrected chi connectivity index (χ1v) is 36.6. The van der Waals surface area contributed by atoms with Crippen molar-refractivity contribution in [3.8, 4) is 0 Å². The van der Waals surface area contributed by atoms with E-state index in [0.717, 1.165) is 0 Å². The fourth-order valence-corrected chi connectivity index (χ4v) is 12.4. The molecule has 0 radical (unpaired) electrons. The number of benzene rings is 2. The normalized spacial score (nSPS) is 15.8. The average molecular weight is 1480 g/mol. The van der Waals surface area contributed by atoms with Gasteiger partial charge in [-0.3, -0.25) is 86.5 Å². The Morgan fingerprint density at radius 1 is 0.602 bits per heavy atom. The number of aromatic nitrogens is 3. The zero-order chi connectivity index (χ0) is 76.1. The Morgan fingerprint density at radius 2 is 1.16 bits per heavy atom. The number of fused-ring (bicyclic) bond motifs is 1. The van der Waals surface area contributed by atoms with E-state index >= 15 is 0 Å². The van der Waals surface area contributed by atoms with Crippen LogP contribution in [-0.2, 0) is 74.9 Å². The van der Waals surface area contributed by atoms with Gasteiger partial charge in [0.2, 0.25) is 59.1 Å². The number of hydrogen-bond acceptors (Lipinski definition) is 20. The molecule has 2 aromatic carbocycles. The minimum Gasteiger partial charge on any atom is -0.480 e. The number of carbonyl (C=O) groups is 13. The Morgan fingerprint density at radius 3 is 1.73 bits per heavy atom. The van der Waals surface area contributed by atoms with Crippen molar-refractivity contribution in [3.63, 3.8) is 0 Å². The number of nitrogens with two attached hydrogens (primary N) is 2. The maximum atomic E-state index is 14.6. The lowest BCUT2D eigenvalue weighted by molar-refractivity contribution is -0.139. The van der Waals surface area contributed by atoms with E-state index in [4.69, 9.17) is 11.5 Å². The number of thioether (sulfide) groups is 1. The van der Waals surface area contributed by atoms with E-state index in [1.165, 1.54) is 70.2 Å². The van der Waals surface area contributed by atoms with E-state index in [2.05, 4.69) is 62.8 Å². The summed E-state index contributed by atoms with van der Waals surface area (Å²) >= 11 is 1.45. The van der Waals surface area contributed by atoms with Crippen LogP contribution in [0.5, 0.6) is 0 Å². The Kier molecular flexibility index (Phi) is 34.1. The number of carbonyl (C=O) groups excluding carboxylic acids is 11. The van der Waals surface area contributed by atoms with Gasteiger partial charge in [-0.1, -0.05) is 58.0 Å². The zero-order valence-electron chi connectivity index (χ0n) is 58.4. The van der Waals surface area contributed by atoms with Gasteiger partial charge in [-0.05, 0) is 73.8 Å². The monoisotopic (exact) mass is 1480 g/mol. The van der Waals surface area contributed by atoms with Crippen LogP contribution in [0, 0.1) is 11.8 Å². The van der Waals surface area contributed by atoms with Gasteiger partial charge in [-0.25, -0.2) is 4.98 Å². The highest BCUT2D eigenvalue weighted by atomic mass is 32.2. The second kappa shape index (κ2) is 41.7. The van der Waals surface area contributed by atoms with Crippen LogP contribution in [0.1, 0.15) is 81.9 Å². The molecule has 1 aliphatic rings. The lowest BCUT2D eigenvalue weighted by atomic mass is 10.0. The van der Waals surface area contributed by atoms with Crippen molar-refractivity contribution >= 4 is 113 Å². The topological polar surface area (TPSA) is 538 Å². The van der Waals surface area contributed by atoms with Crippen molar-refractivity contribution in [1.82, 2.24) is 77.1 Å². The lowest BCUT2D eigenvalue weighted by Crippen LogP contribution is -2.59. The molecule has 11 amide bonds. The van der Waals surface area contributed by atoms with Crippen LogP contribution in [0.15, 0.2) is 67.3 Å². The highest BCUT2D eigenvalue weighted by molar-refractivity contribution is 7.98. The summed E-state index contributed by atoms with van der Waals surface area (Å²) in [5.41, 5.74) is 12.6. The molecular weight excluding hydrogens is 1380 g/mol. The molecule has 0 unspecified atom stereocenters. The van der Waals surface area contributed by atoms with Crippen LogP contribution in [0.2, 0.25) is 0 Å². The first-order valence-electron chi connectivity index (χ1n) is 33.4. The summed E-state index contributed by atoms with van der Waals surface area (Å²) in [4.78, 5) is 210. The molecule has 1 saturated heterocycles. The number of aromatic amines is 2. The molecule has 5 rings (SSSR count). The van der Waals surface area contributed by atoms with Crippen molar-refractivity contribution in [2.24, 2.45) is 23.3 Å². The number of nitrogens with one attached hydrogen (secondary N) is 11. The number of nitrogens with zero attached hydrogens (tertiary/aromatic N) is 5. The van der Waals surface area contributed by atoms with Crippen molar-refractivity contribution in [2.45, 2.75) is 115 Å². The lowest BCUT2D eigenvalue weighted by Gasteiger charge is -2.33. The highest BCUT2D eigenvalue weighted by Gasteiger charge is 2.35. The maximum absolute atomic E-state index is 14.6. The molecule has 19 N–H and O–H groups in total. The van der Waals surface area contributed by atoms with E-state index in [-0.39, 0.29) is 102 Å². The number of aliphatic carboxylic acids is 2. The minimum absolute atomic E-state index is 0.0303. The molecule has 4 aromatic rings. The van der Waals surface area contributed by atoms with Crippen molar-refractivity contribution < 1.29 is 86.9 Å². The predicted molar refractivity (Wildman–Crippen MR) is 379 cm³/mol. The number of carboxylic acids is 2. The summed E-state index contributed by atoms with van der Waals surface area (Å²) in [5, 5.41) is 43.6. The second-order valence-corrected chi connectivity index (χ2v) is 28.4. The van der Waals surface area contributed by atoms with Crippen molar-refractivity contribution in [1.29, 1.82) is 0 Å². The number of H-pyrrole nitrogens is 2. The van der Waals surface area contributed by atoms with Crippen LogP contribution < -0.4 is 59.3 Å². The molecule has 38 heteroatoms. The minimum atomic E-state index is -4.56. The number of carboxylic acid groups (broad SMARTS) is 2. The van der Waals surface area contributed by atoms with Gasteiger partial charge in [0.15, 0.2) is 0 Å². The van der Waals surface area contributed by atoms with Gasteiger partial charge in [0.05, 0.1) is 43.8 Å². The van der Waals surface area contributed by atoms with Crippen LogP contribution >= 0.6 is 19.4 Å². The molecule has 0 saturated carbocycles. The maximum Gasteiger partial charge on any atom is 0.339 e. The van der Waals surface area contributed by atoms with Gasteiger partial charge in [-0.15, -0.1) is 0 Å². The molecule has 1 fully saturated rings. The van der Waals surface area contributed by atoms with Gasteiger partial charge >= 0.3 is 19.5 Å². The summed E-state index contributed by atoms with van der Waals surface area (Å²) in [6.45, 7) is 6.68. The Labute approximate surface area is 599 Å². The van der Waals surface area contributed by atoms with Crippen LogP contribution in [0.25, 0.3) is 10.9 Å². The first-order chi connectivity index (χ1) is 48.7. The average Bonchev–Trinajstić information content (AvgIpc) is 1.72. The number of amides is 11. The standard InChI is InChI=1S/C65H97N18O18PS/c1-38(2)27-49(63(96)75-47(58(67)91)17-26-103-6)77-64(97)51(29-42-31-68-36-71-42)74-53(85)32-70-65(98)57(39(3)4)79-59(92)40(5)72-62(95)50(28-41-30-69-45-13-9-7-11-43(41)45)78-61(94)48(15-16-52(66)84)76-60(93)44-12-8-10-14-46(44)73-54(86)33-80-18-20-81(34-55(87)88)22-24-83(37-102(99,100)101)25-23-82(21-19-80)35-56(89)90/h7-14,30-31,36,38-40,47-51,57,69H,15-29,32-35,37H2,1-6H3,(H2,66,84)(H2,67,91)(H,68,71)(H,70,98)(H,72,95)(H,73,86)(H,74,85)(H,75,96)(H,76,93)(H,77,97)(H,78,94)(H,79,92)(H,87,88)(H,89,90)(H2,99,100,101)/t40-,47-,48-,49-,50-,51-,57-/m0/s1. The van der Waals surface area contributed by atoms with Gasteiger partial charge in [-0.2, -0.15) is 11.8 Å². The summed E-state index contributed by atoms with van der Waals surface area (Å²) in [6, 6.07) is 3.51. The molecule has 0 bridgehead atoms. The molecule has 0 aliphatic carbocycles. The number of anilines is 1. The molecular formula is C65H97N18O18PS. The van der Waals surface area contributed by atoms with E-state index in [1.54, 1.807) is 49.2 Å². The molecule has 7 atom stereocenters. The predicted octanol–water partition coefficient (Wildman–Crippen LogP) is -2.81. The summed E-state index contributed by atoms with van der Waals surface area (Å²) in [7, 11) is -4.56. The van der Waals surface area contributed by atoms with E-state index in [1.807, 2.05) is 20.1 Å².